The Morgan fingerprint density at radius 2 is 2.10 bits per heavy atom. The average molecular weight is 396 g/mol. The summed E-state index contributed by atoms with van der Waals surface area (Å²) in [5.41, 5.74) is 1.03. The zero-order valence-electron chi connectivity index (χ0n) is 16.8. The molecule has 7 nitrogen and oxygen atoms in total. The molecule has 0 saturated heterocycles. The topological polar surface area (TPSA) is 76.4 Å². The number of imidazole rings is 1. The second kappa shape index (κ2) is 9.68. The van der Waals surface area contributed by atoms with Crippen LogP contribution in [-0.2, 0) is 6.54 Å². The quantitative estimate of drug-likeness (QED) is 0.474. The molecule has 8 heteroatoms. The summed E-state index contributed by atoms with van der Waals surface area (Å²) in [7, 11) is 1.70. The number of hydrogen-bond donors (Lipinski definition) is 2. The van der Waals surface area contributed by atoms with Crippen LogP contribution in [0, 0.1) is 12.7 Å². The van der Waals surface area contributed by atoms with Crippen LogP contribution in [-0.4, -0.2) is 40.2 Å². The van der Waals surface area contributed by atoms with E-state index >= 15 is 0 Å². The number of benzene rings is 1. The van der Waals surface area contributed by atoms with Crippen molar-refractivity contribution in [2.75, 3.05) is 13.6 Å². The van der Waals surface area contributed by atoms with E-state index in [4.69, 9.17) is 4.74 Å². The number of nitrogens with one attached hydrogen (secondary N) is 2. The molecule has 0 saturated carbocycles. The SMILES string of the molecule is CN=C(NCc1ccc(-n2ccnc2C)nc1)NCC(C)Oc1cccc(F)c1. The van der Waals surface area contributed by atoms with E-state index in [1.807, 2.05) is 42.9 Å². The molecule has 0 aliphatic rings. The lowest BCUT2D eigenvalue weighted by Crippen LogP contribution is -2.41. The second-order valence-corrected chi connectivity index (χ2v) is 6.56. The summed E-state index contributed by atoms with van der Waals surface area (Å²) in [5, 5.41) is 6.45. The molecule has 1 unspecified atom stereocenters. The Bertz CT molecular complexity index is 954. The smallest absolute Gasteiger partial charge is 0.191 e. The van der Waals surface area contributed by atoms with E-state index in [1.54, 1.807) is 25.4 Å². The van der Waals surface area contributed by atoms with Crippen LogP contribution in [0.5, 0.6) is 5.75 Å². The molecule has 0 fully saturated rings. The number of guanidine groups is 1. The maximum absolute atomic E-state index is 13.2. The van der Waals surface area contributed by atoms with Crippen LogP contribution >= 0.6 is 0 Å². The van der Waals surface area contributed by atoms with Gasteiger partial charge in [0.2, 0.25) is 0 Å². The summed E-state index contributed by atoms with van der Waals surface area (Å²) in [6, 6.07) is 10.1. The van der Waals surface area contributed by atoms with Crippen LogP contribution in [0.3, 0.4) is 0 Å². The van der Waals surface area contributed by atoms with Crippen molar-refractivity contribution in [3.05, 3.63) is 72.2 Å². The van der Waals surface area contributed by atoms with E-state index in [0.717, 1.165) is 17.2 Å². The Morgan fingerprint density at radius 3 is 2.76 bits per heavy atom. The van der Waals surface area contributed by atoms with Gasteiger partial charge in [0.15, 0.2) is 5.96 Å². The van der Waals surface area contributed by atoms with Crippen molar-refractivity contribution in [3.63, 3.8) is 0 Å². The molecule has 3 aromatic rings. The summed E-state index contributed by atoms with van der Waals surface area (Å²) >= 11 is 0. The number of pyridine rings is 1. The van der Waals surface area contributed by atoms with Crippen LogP contribution in [0.1, 0.15) is 18.3 Å². The van der Waals surface area contributed by atoms with Crippen LogP contribution in [0.25, 0.3) is 5.82 Å². The van der Waals surface area contributed by atoms with E-state index in [2.05, 4.69) is 25.6 Å². The third-order valence-corrected chi connectivity index (χ3v) is 4.26. The fourth-order valence-electron chi connectivity index (χ4n) is 2.74. The second-order valence-electron chi connectivity index (χ2n) is 6.56. The molecule has 1 aromatic carbocycles. The summed E-state index contributed by atoms with van der Waals surface area (Å²) in [5.74, 6) is 2.55. The van der Waals surface area contributed by atoms with Crippen molar-refractivity contribution >= 4 is 5.96 Å². The predicted octanol–water partition coefficient (Wildman–Crippen LogP) is 2.85. The van der Waals surface area contributed by atoms with Gasteiger partial charge in [-0.2, -0.15) is 0 Å². The number of halogens is 1. The molecule has 0 radical (unpaired) electrons. The van der Waals surface area contributed by atoms with Gasteiger partial charge < -0.3 is 15.4 Å². The number of rotatable bonds is 7. The summed E-state index contributed by atoms with van der Waals surface area (Å²) in [6.45, 7) is 4.94. The molecule has 2 heterocycles. The highest BCUT2D eigenvalue weighted by molar-refractivity contribution is 5.79. The van der Waals surface area contributed by atoms with E-state index < -0.39 is 0 Å². The lowest BCUT2D eigenvalue weighted by Gasteiger charge is -2.18. The van der Waals surface area contributed by atoms with Crippen LogP contribution in [0.2, 0.25) is 0 Å². The Kier molecular flexibility index (Phi) is 6.78. The molecule has 3 rings (SSSR count). The number of aryl methyl sites for hydroxylation is 1. The summed E-state index contributed by atoms with van der Waals surface area (Å²) in [4.78, 5) is 12.9. The summed E-state index contributed by atoms with van der Waals surface area (Å²) in [6.07, 6.45) is 5.30. The molecule has 2 N–H and O–H groups in total. The van der Waals surface area contributed by atoms with Gasteiger partial charge in [-0.25, -0.2) is 14.4 Å². The molecular formula is C21H25FN6O. The first kappa shape index (κ1) is 20.3. The largest absolute Gasteiger partial charge is 0.489 e. The van der Waals surface area contributed by atoms with E-state index in [1.165, 1.54) is 12.1 Å². The number of ether oxygens (including phenoxy) is 1. The third kappa shape index (κ3) is 5.78. The molecule has 1 atom stereocenters. The van der Waals surface area contributed by atoms with Gasteiger partial charge in [0.25, 0.3) is 0 Å². The Balaban J connectivity index is 1.47. The van der Waals surface area contributed by atoms with Gasteiger partial charge in [0.1, 0.15) is 29.3 Å². The van der Waals surface area contributed by atoms with E-state index in [-0.39, 0.29) is 11.9 Å². The number of aliphatic imine (C=N–C) groups is 1. The normalized spacial score (nSPS) is 12.5. The van der Waals surface area contributed by atoms with Crippen molar-refractivity contribution < 1.29 is 9.13 Å². The van der Waals surface area contributed by atoms with Crippen molar-refractivity contribution in [2.24, 2.45) is 4.99 Å². The Hall–Kier alpha value is -3.42. The van der Waals surface area contributed by atoms with Crippen molar-refractivity contribution in [2.45, 2.75) is 26.5 Å². The molecule has 0 aliphatic heterocycles. The van der Waals surface area contributed by atoms with E-state index in [9.17, 15) is 4.39 Å². The lowest BCUT2D eigenvalue weighted by molar-refractivity contribution is 0.223. The molecule has 0 aliphatic carbocycles. The van der Waals surface area contributed by atoms with Gasteiger partial charge in [-0.05, 0) is 37.6 Å². The first-order valence-corrected chi connectivity index (χ1v) is 9.37. The Labute approximate surface area is 169 Å². The summed E-state index contributed by atoms with van der Waals surface area (Å²) < 4.78 is 20.9. The highest BCUT2D eigenvalue weighted by atomic mass is 19.1. The van der Waals surface area contributed by atoms with Crippen LogP contribution in [0.4, 0.5) is 4.39 Å². The maximum Gasteiger partial charge on any atom is 0.191 e. The fourth-order valence-corrected chi connectivity index (χ4v) is 2.74. The van der Waals surface area contributed by atoms with Crippen molar-refractivity contribution in [1.29, 1.82) is 0 Å². The maximum atomic E-state index is 13.2. The molecule has 0 amide bonds. The van der Waals surface area contributed by atoms with Gasteiger partial charge in [0.05, 0.1) is 6.54 Å². The molecule has 29 heavy (non-hydrogen) atoms. The van der Waals surface area contributed by atoms with Gasteiger partial charge in [-0.15, -0.1) is 0 Å². The van der Waals surface area contributed by atoms with E-state index in [0.29, 0.717) is 24.8 Å². The monoisotopic (exact) mass is 396 g/mol. The molecular weight excluding hydrogens is 371 g/mol. The average Bonchev–Trinajstić information content (AvgIpc) is 3.14. The molecule has 0 bridgehead atoms. The van der Waals surface area contributed by atoms with Gasteiger partial charge in [-0.3, -0.25) is 9.56 Å². The molecule has 2 aromatic heterocycles. The van der Waals surface area contributed by atoms with Crippen molar-refractivity contribution in [3.8, 4) is 11.6 Å². The number of hydrogen-bond acceptors (Lipinski definition) is 4. The van der Waals surface area contributed by atoms with Gasteiger partial charge in [0, 0.05) is 38.2 Å². The molecule has 152 valence electrons. The Morgan fingerprint density at radius 1 is 1.24 bits per heavy atom. The predicted molar refractivity (Wildman–Crippen MR) is 111 cm³/mol. The number of aromatic nitrogens is 3. The highest BCUT2D eigenvalue weighted by Crippen LogP contribution is 2.13. The van der Waals surface area contributed by atoms with Crippen molar-refractivity contribution in [1.82, 2.24) is 25.2 Å². The fraction of sp³-hybridized carbons (Fsp3) is 0.286. The third-order valence-electron chi connectivity index (χ3n) is 4.26. The number of nitrogens with zero attached hydrogens (tertiary/aromatic N) is 4. The standard InChI is InChI=1S/C21H25FN6O/c1-15(29-19-6-4-5-18(22)11-19)12-26-21(23-3)27-14-17-7-8-20(25-13-17)28-10-9-24-16(28)2/h4-11,13,15H,12,14H2,1-3H3,(H2,23,26,27). The first-order chi connectivity index (χ1) is 14.0. The highest BCUT2D eigenvalue weighted by Gasteiger charge is 2.07. The first-order valence-electron chi connectivity index (χ1n) is 9.37. The zero-order valence-corrected chi connectivity index (χ0v) is 16.8. The van der Waals surface area contributed by atoms with Gasteiger partial charge >= 0.3 is 0 Å². The van der Waals surface area contributed by atoms with Crippen LogP contribution in [0.15, 0.2) is 60.0 Å². The zero-order chi connectivity index (χ0) is 20.6. The van der Waals surface area contributed by atoms with Gasteiger partial charge in [-0.1, -0.05) is 12.1 Å². The van der Waals surface area contributed by atoms with Crippen LogP contribution < -0.4 is 15.4 Å². The lowest BCUT2D eigenvalue weighted by atomic mass is 10.3. The minimum absolute atomic E-state index is 0.158. The minimum atomic E-state index is -0.317. The molecule has 0 spiro atoms. The minimum Gasteiger partial charge on any atom is -0.489 e.